The van der Waals surface area contributed by atoms with Gasteiger partial charge in [-0.3, -0.25) is 9.59 Å². The van der Waals surface area contributed by atoms with Gasteiger partial charge in [-0.05, 0) is 39.7 Å². The molecule has 0 spiro atoms. The zero-order valence-electron chi connectivity index (χ0n) is 16.9. The van der Waals surface area contributed by atoms with Gasteiger partial charge in [0, 0.05) is 23.4 Å². The number of nitrogens with one attached hydrogen (secondary N) is 1. The van der Waals surface area contributed by atoms with Crippen LogP contribution in [-0.4, -0.2) is 33.8 Å². The van der Waals surface area contributed by atoms with E-state index >= 15 is 0 Å². The Balaban J connectivity index is 1.48. The normalized spacial score (nSPS) is 15.7. The molecular formula is C21H25N3O4S. The summed E-state index contributed by atoms with van der Waals surface area (Å²) in [4.78, 5) is 29.3. The fourth-order valence-electron chi connectivity index (χ4n) is 3.94. The standard InChI is InChI=1S/C21H25N3O4S/c1-12-13(2)24(15-6-4-5-7-15)21(22-12)29-10-20(26)23-17-9-19-18(27-11-28-19)8-16(17)14(3)25/h8-9,15H,4-7,10-11H2,1-3H3,(H,23,26). The van der Waals surface area contributed by atoms with Gasteiger partial charge in [0.1, 0.15) is 0 Å². The Morgan fingerprint density at radius 1 is 1.21 bits per heavy atom. The Labute approximate surface area is 174 Å². The number of fused-ring (bicyclic) bond motifs is 1. The molecule has 7 nitrogen and oxygen atoms in total. The molecule has 1 aliphatic carbocycles. The highest BCUT2D eigenvalue weighted by molar-refractivity contribution is 7.99. The van der Waals surface area contributed by atoms with Crippen LogP contribution in [0.3, 0.4) is 0 Å². The van der Waals surface area contributed by atoms with Crippen LogP contribution in [0.5, 0.6) is 11.5 Å². The van der Waals surface area contributed by atoms with Crippen molar-refractivity contribution in [3.63, 3.8) is 0 Å². The Hall–Kier alpha value is -2.48. The van der Waals surface area contributed by atoms with E-state index < -0.39 is 0 Å². The van der Waals surface area contributed by atoms with Crippen molar-refractivity contribution in [1.82, 2.24) is 9.55 Å². The second kappa shape index (κ2) is 8.10. The highest BCUT2D eigenvalue weighted by Gasteiger charge is 2.24. The minimum atomic E-state index is -0.187. The van der Waals surface area contributed by atoms with Crippen molar-refractivity contribution in [2.75, 3.05) is 17.9 Å². The number of aryl methyl sites for hydroxylation is 1. The zero-order chi connectivity index (χ0) is 20.5. The van der Waals surface area contributed by atoms with Crippen LogP contribution in [0.1, 0.15) is 60.4 Å². The molecule has 0 unspecified atom stereocenters. The van der Waals surface area contributed by atoms with Crippen LogP contribution in [0.2, 0.25) is 0 Å². The number of amides is 1. The van der Waals surface area contributed by atoms with E-state index in [-0.39, 0.29) is 24.2 Å². The summed E-state index contributed by atoms with van der Waals surface area (Å²) in [5.41, 5.74) is 3.04. The third-order valence-electron chi connectivity index (χ3n) is 5.54. The number of carbonyl (C=O) groups excluding carboxylic acids is 2. The van der Waals surface area contributed by atoms with Gasteiger partial charge in [-0.2, -0.15) is 0 Å². The number of nitrogens with zero attached hydrogens (tertiary/aromatic N) is 2. The van der Waals surface area contributed by atoms with E-state index in [1.54, 1.807) is 12.1 Å². The fourth-order valence-corrected chi connectivity index (χ4v) is 4.90. The average molecular weight is 416 g/mol. The molecule has 1 fully saturated rings. The molecule has 1 saturated carbocycles. The molecule has 2 aliphatic rings. The van der Waals surface area contributed by atoms with Crippen molar-refractivity contribution in [2.45, 2.75) is 57.7 Å². The number of imidazole rings is 1. The van der Waals surface area contributed by atoms with Gasteiger partial charge in [0.25, 0.3) is 0 Å². The second-order valence-corrected chi connectivity index (χ2v) is 8.46. The molecule has 8 heteroatoms. The van der Waals surface area contributed by atoms with E-state index in [1.807, 2.05) is 6.92 Å². The number of anilines is 1. The Bertz CT molecular complexity index is 963. The number of thioether (sulfide) groups is 1. The van der Waals surface area contributed by atoms with Crippen molar-refractivity contribution >= 4 is 29.1 Å². The number of ketones is 1. The topological polar surface area (TPSA) is 82.5 Å². The number of ether oxygens (including phenoxy) is 2. The van der Waals surface area contributed by atoms with Crippen LogP contribution in [0.4, 0.5) is 5.69 Å². The number of hydrogen-bond donors (Lipinski definition) is 1. The lowest BCUT2D eigenvalue weighted by Gasteiger charge is -2.17. The molecule has 1 aromatic heterocycles. The molecule has 0 atom stereocenters. The highest BCUT2D eigenvalue weighted by Crippen LogP contribution is 2.38. The first kappa shape index (κ1) is 19.8. The molecule has 2 aromatic rings. The number of rotatable bonds is 6. The molecule has 1 N–H and O–H groups in total. The van der Waals surface area contributed by atoms with Gasteiger partial charge < -0.3 is 19.4 Å². The Morgan fingerprint density at radius 3 is 2.59 bits per heavy atom. The van der Waals surface area contributed by atoms with Gasteiger partial charge >= 0.3 is 0 Å². The zero-order valence-corrected chi connectivity index (χ0v) is 17.7. The van der Waals surface area contributed by atoms with Crippen LogP contribution in [0, 0.1) is 13.8 Å². The lowest BCUT2D eigenvalue weighted by atomic mass is 10.1. The van der Waals surface area contributed by atoms with Gasteiger partial charge in [-0.15, -0.1) is 0 Å². The van der Waals surface area contributed by atoms with Crippen molar-refractivity contribution in [1.29, 1.82) is 0 Å². The summed E-state index contributed by atoms with van der Waals surface area (Å²) in [5.74, 6) is 0.934. The van der Waals surface area contributed by atoms with E-state index in [0.29, 0.717) is 28.8 Å². The van der Waals surface area contributed by atoms with E-state index in [9.17, 15) is 9.59 Å². The summed E-state index contributed by atoms with van der Waals surface area (Å²) in [7, 11) is 0. The van der Waals surface area contributed by atoms with Crippen LogP contribution in [0.25, 0.3) is 0 Å². The van der Waals surface area contributed by atoms with Gasteiger partial charge in [0.15, 0.2) is 22.4 Å². The first-order chi connectivity index (χ1) is 13.9. The maximum absolute atomic E-state index is 12.6. The van der Waals surface area contributed by atoms with Crippen LogP contribution in [-0.2, 0) is 4.79 Å². The van der Waals surface area contributed by atoms with Crippen molar-refractivity contribution in [3.05, 3.63) is 29.1 Å². The summed E-state index contributed by atoms with van der Waals surface area (Å²) in [6.45, 7) is 5.68. The maximum Gasteiger partial charge on any atom is 0.234 e. The van der Waals surface area contributed by atoms with Crippen LogP contribution < -0.4 is 14.8 Å². The van der Waals surface area contributed by atoms with Gasteiger partial charge in [0.05, 0.1) is 17.1 Å². The van der Waals surface area contributed by atoms with Crippen LogP contribution in [0.15, 0.2) is 17.3 Å². The van der Waals surface area contributed by atoms with E-state index in [0.717, 1.165) is 23.7 Å². The van der Waals surface area contributed by atoms with Crippen LogP contribution >= 0.6 is 11.8 Å². The highest BCUT2D eigenvalue weighted by atomic mass is 32.2. The first-order valence-electron chi connectivity index (χ1n) is 9.86. The molecule has 154 valence electrons. The van der Waals surface area contributed by atoms with E-state index in [4.69, 9.17) is 9.47 Å². The van der Waals surface area contributed by atoms with Gasteiger partial charge in [-0.1, -0.05) is 24.6 Å². The first-order valence-corrected chi connectivity index (χ1v) is 10.8. The average Bonchev–Trinajstić information content (AvgIpc) is 3.40. The van der Waals surface area contributed by atoms with Crippen molar-refractivity contribution in [2.24, 2.45) is 0 Å². The predicted octanol–water partition coefficient (Wildman–Crippen LogP) is 4.28. The molecule has 29 heavy (non-hydrogen) atoms. The molecule has 0 bridgehead atoms. The summed E-state index contributed by atoms with van der Waals surface area (Å²) < 4.78 is 13.0. The molecule has 0 radical (unpaired) electrons. The summed E-state index contributed by atoms with van der Waals surface area (Å²) in [6.07, 6.45) is 4.80. The Kier molecular flexibility index (Phi) is 5.54. The van der Waals surface area contributed by atoms with Gasteiger partial charge in [0.2, 0.25) is 12.7 Å². The summed E-state index contributed by atoms with van der Waals surface area (Å²) in [6, 6.07) is 3.74. The molecule has 0 saturated heterocycles. The largest absolute Gasteiger partial charge is 0.454 e. The quantitative estimate of drug-likeness (QED) is 0.560. The molecule has 4 rings (SSSR count). The number of Topliss-reactive ketones (excluding diaryl/α,β-unsaturated/α-hetero) is 1. The van der Waals surface area contributed by atoms with Crippen molar-refractivity contribution < 1.29 is 19.1 Å². The molecular weight excluding hydrogens is 390 g/mol. The smallest absolute Gasteiger partial charge is 0.234 e. The maximum atomic E-state index is 12.6. The third kappa shape index (κ3) is 3.99. The second-order valence-electron chi connectivity index (χ2n) is 7.52. The van der Waals surface area contributed by atoms with Crippen molar-refractivity contribution in [3.8, 4) is 11.5 Å². The molecule has 2 heterocycles. The van der Waals surface area contributed by atoms with Gasteiger partial charge in [-0.25, -0.2) is 4.98 Å². The predicted molar refractivity (Wildman–Crippen MR) is 111 cm³/mol. The van der Waals surface area contributed by atoms with E-state index in [2.05, 4.69) is 21.8 Å². The lowest BCUT2D eigenvalue weighted by molar-refractivity contribution is -0.113. The molecule has 1 aromatic carbocycles. The minimum absolute atomic E-state index is 0.114. The minimum Gasteiger partial charge on any atom is -0.454 e. The Morgan fingerprint density at radius 2 is 1.90 bits per heavy atom. The third-order valence-corrected chi connectivity index (χ3v) is 6.50. The monoisotopic (exact) mass is 415 g/mol. The SMILES string of the molecule is CC(=O)c1cc2c(cc1NC(=O)CSc1nc(C)c(C)n1C1CCCC1)OCO2. The fraction of sp³-hybridized carbons (Fsp3) is 0.476. The number of carbonyl (C=O) groups is 2. The molecule has 1 aliphatic heterocycles. The number of benzene rings is 1. The summed E-state index contributed by atoms with van der Waals surface area (Å²) in [5, 5.41) is 3.74. The summed E-state index contributed by atoms with van der Waals surface area (Å²) >= 11 is 1.43. The number of hydrogen-bond acceptors (Lipinski definition) is 6. The number of aromatic nitrogens is 2. The van der Waals surface area contributed by atoms with E-state index in [1.165, 1.54) is 37.2 Å². The molecule has 1 amide bonds. The lowest BCUT2D eigenvalue weighted by Crippen LogP contribution is -2.17.